The number of halogens is 2. The number of aliphatic carboxylic acids is 1. The molecular weight excluding hydrogens is 226 g/mol. The normalized spacial score (nSPS) is 11.5. The van der Waals surface area contributed by atoms with E-state index < -0.39 is 23.0 Å². The van der Waals surface area contributed by atoms with E-state index in [1.54, 1.807) is 13.8 Å². The van der Waals surface area contributed by atoms with Crippen molar-refractivity contribution in [3.8, 4) is 0 Å². The maximum atomic E-state index is 13.5. The van der Waals surface area contributed by atoms with E-state index in [-0.39, 0.29) is 12.0 Å². The number of rotatable bonds is 5. The third-order valence-corrected chi connectivity index (χ3v) is 3.38. The lowest BCUT2D eigenvalue weighted by atomic mass is 9.77. The first kappa shape index (κ1) is 13.6. The highest BCUT2D eigenvalue weighted by Crippen LogP contribution is 2.33. The van der Waals surface area contributed by atoms with Crippen LogP contribution in [0.4, 0.5) is 8.78 Å². The molecule has 0 saturated heterocycles. The summed E-state index contributed by atoms with van der Waals surface area (Å²) >= 11 is 0. The fraction of sp³-hybridized carbons (Fsp3) is 0.462. The van der Waals surface area contributed by atoms with Gasteiger partial charge in [0, 0.05) is 5.56 Å². The van der Waals surface area contributed by atoms with Crippen molar-refractivity contribution in [2.24, 2.45) is 5.41 Å². The summed E-state index contributed by atoms with van der Waals surface area (Å²) in [5.74, 6) is -2.37. The molecule has 0 atom stereocenters. The Balaban J connectivity index is 3.14. The Labute approximate surface area is 99.3 Å². The van der Waals surface area contributed by atoms with Crippen molar-refractivity contribution in [1.82, 2.24) is 0 Å². The highest BCUT2D eigenvalue weighted by Gasteiger charge is 2.36. The van der Waals surface area contributed by atoms with E-state index in [0.29, 0.717) is 12.8 Å². The Morgan fingerprint density at radius 1 is 1.24 bits per heavy atom. The van der Waals surface area contributed by atoms with Crippen LogP contribution < -0.4 is 0 Å². The van der Waals surface area contributed by atoms with E-state index in [2.05, 4.69) is 0 Å². The van der Waals surface area contributed by atoms with E-state index in [1.165, 1.54) is 6.07 Å². The fourth-order valence-corrected chi connectivity index (χ4v) is 1.92. The molecule has 0 bridgehead atoms. The summed E-state index contributed by atoms with van der Waals surface area (Å²) in [6.45, 7) is 3.44. The molecule has 1 rings (SSSR count). The number of carbonyl (C=O) groups is 1. The van der Waals surface area contributed by atoms with E-state index >= 15 is 0 Å². The van der Waals surface area contributed by atoms with Crippen molar-refractivity contribution in [3.63, 3.8) is 0 Å². The molecule has 0 radical (unpaired) electrons. The SMILES string of the molecule is CCC(CC)(Cc1c(F)cccc1F)C(=O)O. The first-order valence-electron chi connectivity index (χ1n) is 5.63. The molecule has 0 saturated carbocycles. The van der Waals surface area contributed by atoms with Gasteiger partial charge in [0.25, 0.3) is 0 Å². The van der Waals surface area contributed by atoms with Crippen LogP contribution in [-0.4, -0.2) is 11.1 Å². The number of hydrogen-bond acceptors (Lipinski definition) is 1. The highest BCUT2D eigenvalue weighted by atomic mass is 19.1. The maximum Gasteiger partial charge on any atom is 0.309 e. The zero-order valence-corrected chi connectivity index (χ0v) is 9.96. The molecule has 0 spiro atoms. The van der Waals surface area contributed by atoms with Gasteiger partial charge >= 0.3 is 5.97 Å². The van der Waals surface area contributed by atoms with Gasteiger partial charge in [-0.3, -0.25) is 4.79 Å². The molecule has 0 aromatic heterocycles. The molecule has 0 aliphatic heterocycles. The van der Waals surface area contributed by atoms with E-state index in [1.807, 2.05) is 0 Å². The topological polar surface area (TPSA) is 37.3 Å². The van der Waals surface area contributed by atoms with Crippen LogP contribution in [0.5, 0.6) is 0 Å². The van der Waals surface area contributed by atoms with Gasteiger partial charge in [-0.15, -0.1) is 0 Å². The Bertz CT molecular complexity index is 392. The van der Waals surface area contributed by atoms with Gasteiger partial charge in [0.05, 0.1) is 5.41 Å². The second kappa shape index (κ2) is 5.25. The Morgan fingerprint density at radius 2 is 1.71 bits per heavy atom. The van der Waals surface area contributed by atoms with Gasteiger partial charge < -0.3 is 5.11 Å². The van der Waals surface area contributed by atoms with Crippen LogP contribution in [0.25, 0.3) is 0 Å². The van der Waals surface area contributed by atoms with Crippen molar-refractivity contribution in [2.45, 2.75) is 33.1 Å². The molecule has 1 N–H and O–H groups in total. The van der Waals surface area contributed by atoms with Crippen molar-refractivity contribution >= 4 is 5.97 Å². The Hall–Kier alpha value is -1.45. The standard InChI is InChI=1S/C13H16F2O2/c1-3-13(4-2,12(16)17)8-9-10(14)6-5-7-11(9)15/h5-7H,3-4,8H2,1-2H3,(H,16,17). The first-order chi connectivity index (χ1) is 7.96. The summed E-state index contributed by atoms with van der Waals surface area (Å²) in [7, 11) is 0. The number of carboxylic acid groups (broad SMARTS) is 1. The van der Waals surface area contributed by atoms with Crippen LogP contribution in [0.15, 0.2) is 18.2 Å². The molecule has 0 aliphatic rings. The second-order valence-electron chi connectivity index (χ2n) is 4.17. The Kier molecular flexibility index (Phi) is 4.21. The van der Waals surface area contributed by atoms with Crippen molar-refractivity contribution < 1.29 is 18.7 Å². The van der Waals surface area contributed by atoms with Crippen LogP contribution in [0, 0.1) is 17.0 Å². The minimum Gasteiger partial charge on any atom is -0.481 e. The molecule has 0 amide bonds. The molecule has 1 aromatic carbocycles. The maximum absolute atomic E-state index is 13.5. The largest absolute Gasteiger partial charge is 0.481 e. The monoisotopic (exact) mass is 242 g/mol. The van der Waals surface area contributed by atoms with Crippen LogP contribution in [0.3, 0.4) is 0 Å². The fourth-order valence-electron chi connectivity index (χ4n) is 1.92. The van der Waals surface area contributed by atoms with Crippen LogP contribution in [-0.2, 0) is 11.2 Å². The zero-order chi connectivity index (χ0) is 13.1. The predicted molar refractivity (Wildman–Crippen MR) is 60.7 cm³/mol. The molecule has 4 heteroatoms. The number of benzene rings is 1. The van der Waals surface area contributed by atoms with E-state index in [9.17, 15) is 18.7 Å². The number of carboxylic acids is 1. The summed E-state index contributed by atoms with van der Waals surface area (Å²) < 4.78 is 27.0. The van der Waals surface area contributed by atoms with Gasteiger partial charge in [-0.2, -0.15) is 0 Å². The highest BCUT2D eigenvalue weighted by molar-refractivity contribution is 5.75. The van der Waals surface area contributed by atoms with Gasteiger partial charge in [-0.25, -0.2) is 8.78 Å². The molecular formula is C13H16F2O2. The molecule has 1 aromatic rings. The molecule has 2 nitrogen and oxygen atoms in total. The molecule has 94 valence electrons. The van der Waals surface area contributed by atoms with Crippen LogP contribution in [0.2, 0.25) is 0 Å². The molecule has 17 heavy (non-hydrogen) atoms. The lowest BCUT2D eigenvalue weighted by Gasteiger charge is -2.27. The molecule has 0 aliphatic carbocycles. The number of hydrogen-bond donors (Lipinski definition) is 1. The average Bonchev–Trinajstić information content (AvgIpc) is 2.29. The third kappa shape index (κ3) is 2.62. The molecule has 0 fully saturated rings. The van der Waals surface area contributed by atoms with Gasteiger partial charge in [0.1, 0.15) is 11.6 Å². The van der Waals surface area contributed by atoms with Crippen LogP contribution >= 0.6 is 0 Å². The average molecular weight is 242 g/mol. The summed E-state index contributed by atoms with van der Waals surface area (Å²) in [5, 5.41) is 9.22. The van der Waals surface area contributed by atoms with Crippen molar-refractivity contribution in [2.75, 3.05) is 0 Å². The first-order valence-corrected chi connectivity index (χ1v) is 5.63. The molecule has 0 unspecified atom stereocenters. The zero-order valence-electron chi connectivity index (χ0n) is 9.96. The van der Waals surface area contributed by atoms with Crippen molar-refractivity contribution in [3.05, 3.63) is 35.4 Å². The van der Waals surface area contributed by atoms with Gasteiger partial charge in [0.15, 0.2) is 0 Å². The van der Waals surface area contributed by atoms with Gasteiger partial charge in [-0.1, -0.05) is 19.9 Å². The van der Waals surface area contributed by atoms with E-state index in [4.69, 9.17) is 0 Å². The molecule has 0 heterocycles. The second-order valence-corrected chi connectivity index (χ2v) is 4.17. The summed E-state index contributed by atoms with van der Waals surface area (Å²) in [4.78, 5) is 11.3. The quantitative estimate of drug-likeness (QED) is 0.859. The summed E-state index contributed by atoms with van der Waals surface area (Å²) in [6.07, 6.45) is 0.563. The van der Waals surface area contributed by atoms with Gasteiger partial charge in [-0.05, 0) is 31.4 Å². The van der Waals surface area contributed by atoms with Crippen molar-refractivity contribution in [1.29, 1.82) is 0 Å². The van der Waals surface area contributed by atoms with Gasteiger partial charge in [0.2, 0.25) is 0 Å². The van der Waals surface area contributed by atoms with E-state index in [0.717, 1.165) is 12.1 Å². The predicted octanol–water partition coefficient (Wildman–Crippen LogP) is 3.40. The minimum atomic E-state index is -1.09. The summed E-state index contributed by atoms with van der Waals surface area (Å²) in [6, 6.07) is 3.57. The summed E-state index contributed by atoms with van der Waals surface area (Å²) in [5.41, 5.74) is -1.23. The Morgan fingerprint density at radius 3 is 2.06 bits per heavy atom. The lowest BCUT2D eigenvalue weighted by molar-refractivity contribution is -0.149. The van der Waals surface area contributed by atoms with Crippen LogP contribution in [0.1, 0.15) is 32.3 Å². The smallest absolute Gasteiger partial charge is 0.309 e. The lowest BCUT2D eigenvalue weighted by Crippen LogP contribution is -2.32. The minimum absolute atomic E-state index is 0.117. The third-order valence-electron chi connectivity index (χ3n) is 3.38.